The van der Waals surface area contributed by atoms with Crippen LogP contribution in [0.15, 0.2) is 30.3 Å². The molecule has 0 saturated heterocycles. The van der Waals surface area contributed by atoms with E-state index in [1.54, 1.807) is 7.11 Å². The van der Waals surface area contributed by atoms with Gasteiger partial charge in [-0.25, -0.2) is 0 Å². The lowest BCUT2D eigenvalue weighted by Gasteiger charge is -2.10. The lowest BCUT2D eigenvalue weighted by molar-refractivity contribution is 0.415. The number of benzene rings is 1. The third kappa shape index (κ3) is 3.65. The Labute approximate surface area is 86.4 Å². The topological polar surface area (TPSA) is 9.23 Å². The Morgan fingerprint density at radius 3 is 2.07 bits per heavy atom. The molecular weight excluding hydrogens is 172 g/mol. The maximum atomic E-state index is 5.09. The summed E-state index contributed by atoms with van der Waals surface area (Å²) >= 11 is 0. The summed E-state index contributed by atoms with van der Waals surface area (Å²) in [6.45, 7) is 6.56. The van der Waals surface area contributed by atoms with E-state index in [-0.39, 0.29) is 5.41 Å². The fraction of sp³-hybridized carbons (Fsp3) is 0.385. The first kappa shape index (κ1) is 10.8. The van der Waals surface area contributed by atoms with Crippen molar-refractivity contribution in [3.63, 3.8) is 0 Å². The first-order valence-corrected chi connectivity index (χ1v) is 4.84. The summed E-state index contributed by atoms with van der Waals surface area (Å²) in [5.41, 5.74) is 1.45. The van der Waals surface area contributed by atoms with Crippen LogP contribution >= 0.6 is 0 Å². The Kier molecular flexibility index (Phi) is 3.34. The third-order valence-electron chi connectivity index (χ3n) is 1.89. The molecule has 0 aromatic heterocycles. The third-order valence-corrected chi connectivity index (χ3v) is 1.89. The molecule has 0 spiro atoms. The van der Waals surface area contributed by atoms with Crippen molar-refractivity contribution in [3.05, 3.63) is 35.9 Å². The van der Waals surface area contributed by atoms with Gasteiger partial charge in [0.2, 0.25) is 0 Å². The largest absolute Gasteiger partial charge is 0.497 e. The van der Waals surface area contributed by atoms with Gasteiger partial charge in [-0.1, -0.05) is 45.1 Å². The van der Waals surface area contributed by atoms with Crippen LogP contribution in [-0.4, -0.2) is 7.11 Å². The van der Waals surface area contributed by atoms with E-state index in [0.29, 0.717) is 0 Å². The highest BCUT2D eigenvalue weighted by Gasteiger charge is 2.03. The van der Waals surface area contributed by atoms with Crippen LogP contribution in [0.3, 0.4) is 0 Å². The Morgan fingerprint density at radius 1 is 1.07 bits per heavy atom. The van der Waals surface area contributed by atoms with Gasteiger partial charge in [-0.2, -0.15) is 0 Å². The molecule has 0 aliphatic rings. The summed E-state index contributed by atoms with van der Waals surface area (Å²) in [6, 6.07) is 8.06. The molecule has 76 valence electrons. The van der Waals surface area contributed by atoms with E-state index < -0.39 is 0 Å². The van der Waals surface area contributed by atoms with Crippen LogP contribution < -0.4 is 4.74 Å². The maximum absolute atomic E-state index is 5.09. The standard InChI is InChI=1S/C13H18O/c1-13(2,3)10-9-11-5-7-12(14-4)8-6-11/h5-10H,1-4H3/b10-9-. The zero-order valence-electron chi connectivity index (χ0n) is 9.37. The van der Waals surface area contributed by atoms with Crippen molar-refractivity contribution in [1.29, 1.82) is 0 Å². The molecule has 1 rings (SSSR count). The molecule has 0 radical (unpaired) electrons. The van der Waals surface area contributed by atoms with E-state index in [2.05, 4.69) is 45.1 Å². The van der Waals surface area contributed by atoms with E-state index in [0.717, 1.165) is 5.75 Å². The van der Waals surface area contributed by atoms with Gasteiger partial charge in [-0.05, 0) is 23.1 Å². The molecule has 1 heteroatoms. The summed E-state index contributed by atoms with van der Waals surface area (Å²) in [6.07, 6.45) is 4.34. The molecule has 0 aliphatic heterocycles. The number of rotatable bonds is 2. The van der Waals surface area contributed by atoms with Crippen molar-refractivity contribution >= 4 is 6.08 Å². The van der Waals surface area contributed by atoms with Gasteiger partial charge >= 0.3 is 0 Å². The average molecular weight is 190 g/mol. The van der Waals surface area contributed by atoms with Gasteiger partial charge in [-0.3, -0.25) is 0 Å². The zero-order chi connectivity index (χ0) is 10.6. The highest BCUT2D eigenvalue weighted by atomic mass is 16.5. The fourth-order valence-corrected chi connectivity index (χ4v) is 1.06. The minimum absolute atomic E-state index is 0.236. The first-order chi connectivity index (χ1) is 6.51. The summed E-state index contributed by atoms with van der Waals surface area (Å²) in [4.78, 5) is 0. The second-order valence-electron chi connectivity index (χ2n) is 4.47. The molecule has 0 fully saturated rings. The van der Waals surface area contributed by atoms with Crippen LogP contribution in [-0.2, 0) is 0 Å². The first-order valence-electron chi connectivity index (χ1n) is 4.84. The van der Waals surface area contributed by atoms with Crippen molar-refractivity contribution in [3.8, 4) is 5.75 Å². The van der Waals surface area contributed by atoms with Crippen molar-refractivity contribution in [2.45, 2.75) is 20.8 Å². The zero-order valence-corrected chi connectivity index (χ0v) is 9.37. The van der Waals surface area contributed by atoms with Crippen molar-refractivity contribution in [1.82, 2.24) is 0 Å². The molecule has 1 aromatic carbocycles. The predicted octanol–water partition coefficient (Wildman–Crippen LogP) is 3.75. The molecule has 0 amide bonds. The van der Waals surface area contributed by atoms with Crippen LogP contribution in [0.5, 0.6) is 5.75 Å². The van der Waals surface area contributed by atoms with Crippen LogP contribution in [0.1, 0.15) is 26.3 Å². The number of ether oxygens (including phenoxy) is 1. The molecule has 0 heterocycles. The summed E-state index contributed by atoms with van der Waals surface area (Å²) < 4.78 is 5.09. The summed E-state index contributed by atoms with van der Waals surface area (Å²) in [7, 11) is 1.68. The maximum Gasteiger partial charge on any atom is 0.118 e. The van der Waals surface area contributed by atoms with Gasteiger partial charge in [0.25, 0.3) is 0 Å². The smallest absolute Gasteiger partial charge is 0.118 e. The van der Waals surface area contributed by atoms with Crippen LogP contribution in [0.25, 0.3) is 6.08 Å². The van der Waals surface area contributed by atoms with E-state index in [9.17, 15) is 0 Å². The normalized spacial score (nSPS) is 12.0. The van der Waals surface area contributed by atoms with E-state index >= 15 is 0 Å². The Hall–Kier alpha value is -1.24. The number of hydrogen-bond acceptors (Lipinski definition) is 1. The summed E-state index contributed by atoms with van der Waals surface area (Å²) in [5, 5.41) is 0. The van der Waals surface area contributed by atoms with Gasteiger partial charge in [0.1, 0.15) is 5.75 Å². The Balaban J connectivity index is 2.74. The molecular formula is C13H18O. The molecule has 0 unspecified atom stereocenters. The van der Waals surface area contributed by atoms with Crippen molar-refractivity contribution in [2.75, 3.05) is 7.11 Å². The van der Waals surface area contributed by atoms with Gasteiger partial charge in [-0.15, -0.1) is 0 Å². The summed E-state index contributed by atoms with van der Waals surface area (Å²) in [5.74, 6) is 0.901. The van der Waals surface area contributed by atoms with E-state index in [1.807, 2.05) is 12.1 Å². The van der Waals surface area contributed by atoms with Gasteiger partial charge in [0, 0.05) is 0 Å². The molecule has 0 aliphatic carbocycles. The molecule has 14 heavy (non-hydrogen) atoms. The fourth-order valence-electron chi connectivity index (χ4n) is 1.06. The molecule has 0 saturated carbocycles. The predicted molar refractivity (Wildman–Crippen MR) is 61.5 cm³/mol. The van der Waals surface area contributed by atoms with Crippen LogP contribution in [0.4, 0.5) is 0 Å². The average Bonchev–Trinajstić information content (AvgIpc) is 2.14. The molecule has 0 N–H and O–H groups in total. The van der Waals surface area contributed by atoms with Crippen LogP contribution in [0, 0.1) is 5.41 Å². The van der Waals surface area contributed by atoms with Crippen molar-refractivity contribution < 1.29 is 4.74 Å². The van der Waals surface area contributed by atoms with Gasteiger partial charge < -0.3 is 4.74 Å². The quantitative estimate of drug-likeness (QED) is 0.690. The molecule has 1 nitrogen and oxygen atoms in total. The van der Waals surface area contributed by atoms with Crippen LogP contribution in [0.2, 0.25) is 0 Å². The number of allylic oxidation sites excluding steroid dienone is 1. The minimum atomic E-state index is 0.236. The highest BCUT2D eigenvalue weighted by molar-refractivity contribution is 5.51. The van der Waals surface area contributed by atoms with Gasteiger partial charge in [0.05, 0.1) is 7.11 Å². The molecule has 1 aromatic rings. The lowest BCUT2D eigenvalue weighted by Crippen LogP contribution is -1.97. The monoisotopic (exact) mass is 190 g/mol. The Morgan fingerprint density at radius 2 is 1.64 bits per heavy atom. The SMILES string of the molecule is COc1ccc(/C=C\C(C)(C)C)cc1. The second kappa shape index (κ2) is 4.32. The van der Waals surface area contributed by atoms with Gasteiger partial charge in [0.15, 0.2) is 0 Å². The van der Waals surface area contributed by atoms with E-state index in [1.165, 1.54) is 5.56 Å². The number of methoxy groups -OCH3 is 1. The highest BCUT2D eigenvalue weighted by Crippen LogP contribution is 2.18. The Bertz CT molecular complexity index is 301. The number of hydrogen-bond donors (Lipinski definition) is 0. The minimum Gasteiger partial charge on any atom is -0.497 e. The van der Waals surface area contributed by atoms with Crippen molar-refractivity contribution in [2.24, 2.45) is 5.41 Å². The lowest BCUT2D eigenvalue weighted by atomic mass is 9.95. The molecule has 0 atom stereocenters. The molecule has 0 bridgehead atoms. The van der Waals surface area contributed by atoms with E-state index in [4.69, 9.17) is 4.74 Å². The second-order valence-corrected chi connectivity index (χ2v) is 4.47.